The fourth-order valence-corrected chi connectivity index (χ4v) is 1.06. The summed E-state index contributed by atoms with van der Waals surface area (Å²) in [5.41, 5.74) is 2.39. The monoisotopic (exact) mass is 166 g/mol. The summed E-state index contributed by atoms with van der Waals surface area (Å²) in [6, 6.07) is 8.16. The zero-order valence-corrected chi connectivity index (χ0v) is 7.29. The number of hydrogen-bond acceptors (Lipinski definition) is 2. The molecule has 12 heavy (non-hydrogen) atoms. The van der Waals surface area contributed by atoms with Crippen LogP contribution in [0, 0.1) is 6.92 Å². The van der Waals surface area contributed by atoms with Gasteiger partial charge in [-0.2, -0.15) is 0 Å². The first-order valence-corrected chi connectivity index (χ1v) is 4.07. The van der Waals surface area contributed by atoms with E-state index < -0.39 is 0 Å². The van der Waals surface area contributed by atoms with Crippen LogP contribution in [0.3, 0.4) is 0 Å². The molecule has 0 amide bonds. The van der Waals surface area contributed by atoms with E-state index >= 15 is 0 Å². The normalized spacial score (nSPS) is 10.2. The third-order valence-corrected chi connectivity index (χ3v) is 1.59. The standard InChI is InChI=1S/C10H14O2/c1-9-3-2-4-10(7-9)8-12-6-5-11/h2-4,7,11H,5-6,8H2,1H3. The molecule has 0 saturated carbocycles. The molecule has 1 aromatic carbocycles. The van der Waals surface area contributed by atoms with Gasteiger partial charge in [0.05, 0.1) is 19.8 Å². The molecule has 0 atom stereocenters. The van der Waals surface area contributed by atoms with E-state index in [1.54, 1.807) is 0 Å². The topological polar surface area (TPSA) is 29.5 Å². The fourth-order valence-electron chi connectivity index (χ4n) is 1.06. The van der Waals surface area contributed by atoms with Crippen molar-refractivity contribution in [2.75, 3.05) is 13.2 Å². The minimum Gasteiger partial charge on any atom is -0.394 e. The van der Waals surface area contributed by atoms with Crippen LogP contribution in [0.1, 0.15) is 11.1 Å². The van der Waals surface area contributed by atoms with Crippen LogP contribution in [0.5, 0.6) is 0 Å². The average Bonchev–Trinajstić information content (AvgIpc) is 2.05. The smallest absolute Gasteiger partial charge is 0.0718 e. The first-order chi connectivity index (χ1) is 5.83. The highest BCUT2D eigenvalue weighted by molar-refractivity contribution is 5.21. The molecule has 2 heteroatoms. The van der Waals surface area contributed by atoms with E-state index in [1.807, 2.05) is 12.1 Å². The van der Waals surface area contributed by atoms with Gasteiger partial charge in [-0.15, -0.1) is 0 Å². The van der Waals surface area contributed by atoms with Crippen LogP contribution < -0.4 is 0 Å². The van der Waals surface area contributed by atoms with Crippen LogP contribution in [-0.2, 0) is 11.3 Å². The van der Waals surface area contributed by atoms with Gasteiger partial charge in [0.2, 0.25) is 0 Å². The predicted octanol–water partition coefficient (Wildman–Crippen LogP) is 1.50. The minimum atomic E-state index is 0.0891. The van der Waals surface area contributed by atoms with E-state index in [0.29, 0.717) is 13.2 Å². The summed E-state index contributed by atoms with van der Waals surface area (Å²) in [7, 11) is 0. The van der Waals surface area contributed by atoms with E-state index in [4.69, 9.17) is 9.84 Å². The van der Waals surface area contributed by atoms with E-state index in [1.165, 1.54) is 5.56 Å². The van der Waals surface area contributed by atoms with E-state index in [9.17, 15) is 0 Å². The molecule has 0 aliphatic heterocycles. The molecule has 66 valence electrons. The van der Waals surface area contributed by atoms with Crippen molar-refractivity contribution in [2.45, 2.75) is 13.5 Å². The second kappa shape index (κ2) is 4.91. The number of benzene rings is 1. The lowest BCUT2D eigenvalue weighted by Crippen LogP contribution is -1.99. The molecule has 2 nitrogen and oxygen atoms in total. The molecule has 0 radical (unpaired) electrons. The predicted molar refractivity (Wildman–Crippen MR) is 47.9 cm³/mol. The number of hydrogen-bond donors (Lipinski definition) is 1. The number of aryl methyl sites for hydroxylation is 1. The number of rotatable bonds is 4. The van der Waals surface area contributed by atoms with Gasteiger partial charge in [-0.1, -0.05) is 29.8 Å². The second-order valence-electron chi connectivity index (χ2n) is 2.77. The summed E-state index contributed by atoms with van der Waals surface area (Å²) < 4.78 is 5.17. The van der Waals surface area contributed by atoms with Crippen molar-refractivity contribution in [3.8, 4) is 0 Å². The first kappa shape index (κ1) is 9.23. The molecule has 0 saturated heterocycles. The van der Waals surface area contributed by atoms with Crippen LogP contribution in [0.15, 0.2) is 24.3 Å². The van der Waals surface area contributed by atoms with Crippen LogP contribution in [0.2, 0.25) is 0 Å². The molecule has 1 aromatic rings. The Balaban J connectivity index is 2.41. The maximum absolute atomic E-state index is 8.47. The van der Waals surface area contributed by atoms with Gasteiger partial charge in [-0.3, -0.25) is 0 Å². The molecular weight excluding hydrogens is 152 g/mol. The van der Waals surface area contributed by atoms with Gasteiger partial charge >= 0.3 is 0 Å². The van der Waals surface area contributed by atoms with Crippen LogP contribution >= 0.6 is 0 Å². The van der Waals surface area contributed by atoms with Crippen molar-refractivity contribution in [1.82, 2.24) is 0 Å². The molecular formula is C10H14O2. The molecule has 0 fully saturated rings. The summed E-state index contributed by atoms with van der Waals surface area (Å²) in [6.07, 6.45) is 0. The zero-order chi connectivity index (χ0) is 8.81. The Morgan fingerprint density at radius 2 is 2.25 bits per heavy atom. The Labute approximate surface area is 72.8 Å². The zero-order valence-electron chi connectivity index (χ0n) is 7.29. The van der Waals surface area contributed by atoms with Crippen LogP contribution in [0.25, 0.3) is 0 Å². The summed E-state index contributed by atoms with van der Waals surface area (Å²) in [6.45, 7) is 3.14. The lowest BCUT2D eigenvalue weighted by molar-refractivity contribution is 0.0815. The molecule has 0 aromatic heterocycles. The van der Waals surface area contributed by atoms with Crippen molar-refractivity contribution in [3.05, 3.63) is 35.4 Å². The van der Waals surface area contributed by atoms with Gasteiger partial charge in [-0.05, 0) is 12.5 Å². The van der Waals surface area contributed by atoms with Gasteiger partial charge in [0.1, 0.15) is 0 Å². The molecule has 0 unspecified atom stereocenters. The molecule has 0 aliphatic carbocycles. The highest BCUT2D eigenvalue weighted by atomic mass is 16.5. The number of aliphatic hydroxyl groups is 1. The van der Waals surface area contributed by atoms with Crippen molar-refractivity contribution < 1.29 is 9.84 Å². The number of ether oxygens (including phenoxy) is 1. The Morgan fingerprint density at radius 1 is 1.42 bits per heavy atom. The highest BCUT2D eigenvalue weighted by Crippen LogP contribution is 2.04. The van der Waals surface area contributed by atoms with E-state index in [0.717, 1.165) is 5.56 Å². The van der Waals surface area contributed by atoms with Gasteiger partial charge in [0, 0.05) is 0 Å². The maximum atomic E-state index is 8.47. The Bertz CT molecular complexity index is 233. The molecule has 0 heterocycles. The molecule has 1 rings (SSSR count). The Morgan fingerprint density at radius 3 is 2.92 bits per heavy atom. The Kier molecular flexibility index (Phi) is 3.77. The maximum Gasteiger partial charge on any atom is 0.0718 e. The fraction of sp³-hybridized carbons (Fsp3) is 0.400. The molecule has 0 aliphatic rings. The Hall–Kier alpha value is -0.860. The highest BCUT2D eigenvalue weighted by Gasteiger charge is 1.92. The largest absolute Gasteiger partial charge is 0.394 e. The third kappa shape index (κ3) is 3.03. The van der Waals surface area contributed by atoms with Crippen LogP contribution in [-0.4, -0.2) is 18.3 Å². The average molecular weight is 166 g/mol. The van der Waals surface area contributed by atoms with Crippen molar-refractivity contribution in [2.24, 2.45) is 0 Å². The third-order valence-electron chi connectivity index (χ3n) is 1.59. The van der Waals surface area contributed by atoms with Crippen molar-refractivity contribution in [1.29, 1.82) is 0 Å². The van der Waals surface area contributed by atoms with Crippen molar-refractivity contribution >= 4 is 0 Å². The van der Waals surface area contributed by atoms with Crippen LogP contribution in [0.4, 0.5) is 0 Å². The molecule has 1 N–H and O–H groups in total. The second-order valence-corrected chi connectivity index (χ2v) is 2.77. The molecule has 0 bridgehead atoms. The quantitative estimate of drug-likeness (QED) is 0.687. The SMILES string of the molecule is Cc1cccc(COCCO)c1. The van der Waals surface area contributed by atoms with Gasteiger partial charge in [0.25, 0.3) is 0 Å². The lowest BCUT2D eigenvalue weighted by atomic mass is 10.1. The lowest BCUT2D eigenvalue weighted by Gasteiger charge is -2.02. The summed E-state index contributed by atoms with van der Waals surface area (Å²) in [5, 5.41) is 8.47. The van der Waals surface area contributed by atoms with Gasteiger partial charge in [0.15, 0.2) is 0 Å². The molecule has 0 spiro atoms. The van der Waals surface area contributed by atoms with E-state index in [-0.39, 0.29) is 6.61 Å². The van der Waals surface area contributed by atoms with Gasteiger partial charge < -0.3 is 9.84 Å². The summed E-state index contributed by atoms with van der Waals surface area (Å²) in [5.74, 6) is 0. The summed E-state index contributed by atoms with van der Waals surface area (Å²) in [4.78, 5) is 0. The summed E-state index contributed by atoms with van der Waals surface area (Å²) >= 11 is 0. The van der Waals surface area contributed by atoms with E-state index in [2.05, 4.69) is 19.1 Å². The number of aliphatic hydroxyl groups excluding tert-OH is 1. The minimum absolute atomic E-state index is 0.0891. The van der Waals surface area contributed by atoms with Gasteiger partial charge in [-0.25, -0.2) is 0 Å². The van der Waals surface area contributed by atoms with Crippen molar-refractivity contribution in [3.63, 3.8) is 0 Å². The first-order valence-electron chi connectivity index (χ1n) is 4.07.